The van der Waals surface area contributed by atoms with Gasteiger partial charge in [0.25, 0.3) is 0 Å². The fraction of sp³-hybridized carbons (Fsp3) is 0.400. The molecule has 0 spiro atoms. The van der Waals surface area contributed by atoms with E-state index in [4.69, 9.17) is 21.1 Å². The number of benzene rings is 2. The molecule has 0 radical (unpaired) electrons. The highest BCUT2D eigenvalue weighted by molar-refractivity contribution is 6.30. The van der Waals surface area contributed by atoms with Crippen LogP contribution in [0.15, 0.2) is 42.5 Å². The van der Waals surface area contributed by atoms with E-state index in [1.54, 1.807) is 6.07 Å². The van der Waals surface area contributed by atoms with Gasteiger partial charge in [0, 0.05) is 36.8 Å². The Balaban J connectivity index is 1.55. The van der Waals surface area contributed by atoms with E-state index in [0.29, 0.717) is 18.2 Å². The van der Waals surface area contributed by atoms with Crippen LogP contribution in [0.2, 0.25) is 5.02 Å². The van der Waals surface area contributed by atoms with Gasteiger partial charge in [-0.15, -0.1) is 0 Å². The highest BCUT2D eigenvalue weighted by Gasteiger charge is 2.36. The third-order valence-electron chi connectivity index (χ3n) is 4.92. The van der Waals surface area contributed by atoms with E-state index in [1.807, 2.05) is 18.2 Å². The summed E-state index contributed by atoms with van der Waals surface area (Å²) in [6.45, 7) is 4.64. The maximum Gasteiger partial charge on any atom is 0.125 e. The van der Waals surface area contributed by atoms with Gasteiger partial charge >= 0.3 is 0 Å². The first-order valence-electron chi connectivity index (χ1n) is 8.94. The molecule has 2 aromatic rings. The van der Waals surface area contributed by atoms with Gasteiger partial charge in [-0.25, -0.2) is 4.39 Å². The maximum atomic E-state index is 13.6. The summed E-state index contributed by atoms with van der Waals surface area (Å²) in [5.74, 6) is 0.574. The number of halogens is 2. The van der Waals surface area contributed by atoms with Gasteiger partial charge in [-0.3, -0.25) is 4.90 Å². The average molecular weight is 377 g/mol. The lowest BCUT2D eigenvalue weighted by Crippen LogP contribution is -2.51. The van der Waals surface area contributed by atoms with Gasteiger partial charge < -0.3 is 14.8 Å². The molecule has 26 heavy (non-hydrogen) atoms. The molecule has 1 fully saturated rings. The van der Waals surface area contributed by atoms with Gasteiger partial charge in [0.2, 0.25) is 0 Å². The smallest absolute Gasteiger partial charge is 0.125 e. The van der Waals surface area contributed by atoms with Crippen molar-refractivity contribution >= 4 is 11.6 Å². The Morgan fingerprint density at radius 2 is 2.00 bits per heavy atom. The molecular weight excluding hydrogens is 355 g/mol. The SMILES string of the molecule is Fc1cc(Cl)cc(COC2COc3ccccc3C2N2CCNCC2)c1. The second kappa shape index (κ2) is 7.92. The van der Waals surface area contributed by atoms with Gasteiger partial charge in [0.15, 0.2) is 0 Å². The van der Waals surface area contributed by atoms with Gasteiger partial charge in [0.1, 0.15) is 24.3 Å². The second-order valence-corrected chi connectivity index (χ2v) is 7.14. The van der Waals surface area contributed by atoms with E-state index < -0.39 is 0 Å². The summed E-state index contributed by atoms with van der Waals surface area (Å²) in [5, 5.41) is 3.77. The molecule has 0 aromatic heterocycles. The molecule has 0 bridgehead atoms. The number of hydrogen-bond donors (Lipinski definition) is 1. The number of rotatable bonds is 4. The van der Waals surface area contributed by atoms with Crippen LogP contribution in [0.25, 0.3) is 0 Å². The van der Waals surface area contributed by atoms with Crippen LogP contribution in [0.4, 0.5) is 4.39 Å². The Hall–Kier alpha value is -1.66. The van der Waals surface area contributed by atoms with Gasteiger partial charge in [-0.1, -0.05) is 29.8 Å². The normalized spacial score (nSPS) is 23.3. The second-order valence-electron chi connectivity index (χ2n) is 6.71. The molecule has 2 aromatic carbocycles. The molecule has 1 N–H and O–H groups in total. The molecule has 1 saturated heterocycles. The Morgan fingerprint density at radius 3 is 2.81 bits per heavy atom. The minimum absolute atomic E-state index is 0.120. The van der Waals surface area contributed by atoms with Crippen LogP contribution in [0, 0.1) is 5.82 Å². The first-order valence-corrected chi connectivity index (χ1v) is 9.31. The summed E-state index contributed by atoms with van der Waals surface area (Å²) in [7, 11) is 0. The number of nitrogens with one attached hydrogen (secondary N) is 1. The molecule has 0 saturated carbocycles. The van der Waals surface area contributed by atoms with Gasteiger partial charge in [-0.2, -0.15) is 0 Å². The minimum Gasteiger partial charge on any atom is -0.490 e. The van der Waals surface area contributed by atoms with Crippen LogP contribution in [-0.4, -0.2) is 43.8 Å². The predicted molar refractivity (Wildman–Crippen MR) is 99.1 cm³/mol. The zero-order chi connectivity index (χ0) is 17.9. The Kier molecular flexibility index (Phi) is 5.41. The summed E-state index contributed by atoms with van der Waals surface area (Å²) in [5.41, 5.74) is 1.89. The van der Waals surface area contributed by atoms with Crippen molar-refractivity contribution in [2.75, 3.05) is 32.8 Å². The monoisotopic (exact) mass is 376 g/mol. The first kappa shape index (κ1) is 17.7. The van der Waals surface area contributed by atoms with E-state index in [9.17, 15) is 4.39 Å². The molecular formula is C20H22ClFN2O2. The number of piperazine rings is 1. The number of hydrogen-bond acceptors (Lipinski definition) is 4. The molecule has 2 aliphatic heterocycles. The van der Waals surface area contributed by atoms with E-state index in [2.05, 4.69) is 16.3 Å². The lowest BCUT2D eigenvalue weighted by molar-refractivity contribution is -0.0617. The Morgan fingerprint density at radius 1 is 1.19 bits per heavy atom. The predicted octanol–water partition coefficient (Wildman–Crippen LogP) is 3.40. The van der Waals surface area contributed by atoms with E-state index in [-0.39, 0.29) is 18.0 Å². The summed E-state index contributed by atoms with van der Waals surface area (Å²) in [6.07, 6.45) is -0.120. The standard InChI is InChI=1S/C20H22ClFN2O2/c21-15-9-14(10-16(22)11-15)12-25-19-13-26-18-4-2-1-3-17(18)20(19)24-7-5-23-6-8-24/h1-4,9-11,19-20,23H,5-8,12-13H2. The first-order chi connectivity index (χ1) is 12.7. The van der Waals surface area contributed by atoms with Crippen molar-refractivity contribution < 1.29 is 13.9 Å². The van der Waals surface area contributed by atoms with Crippen LogP contribution in [-0.2, 0) is 11.3 Å². The highest BCUT2D eigenvalue weighted by atomic mass is 35.5. The van der Waals surface area contributed by atoms with Crippen molar-refractivity contribution in [3.05, 3.63) is 64.4 Å². The van der Waals surface area contributed by atoms with Crippen LogP contribution >= 0.6 is 11.6 Å². The van der Waals surface area contributed by atoms with Crippen LogP contribution in [0.5, 0.6) is 5.75 Å². The fourth-order valence-corrected chi connectivity index (χ4v) is 3.99. The minimum atomic E-state index is -0.347. The third-order valence-corrected chi connectivity index (χ3v) is 5.14. The molecule has 2 aliphatic rings. The number of fused-ring (bicyclic) bond motifs is 1. The topological polar surface area (TPSA) is 33.7 Å². The molecule has 2 heterocycles. The molecule has 0 aliphatic carbocycles. The lowest BCUT2D eigenvalue weighted by atomic mass is 9.95. The van der Waals surface area contributed by atoms with Gasteiger partial charge in [0.05, 0.1) is 12.6 Å². The third kappa shape index (κ3) is 3.86. The quantitative estimate of drug-likeness (QED) is 0.886. The molecule has 0 amide bonds. The van der Waals surface area contributed by atoms with E-state index >= 15 is 0 Å². The number of para-hydroxylation sites is 1. The lowest BCUT2D eigenvalue weighted by Gasteiger charge is -2.42. The van der Waals surface area contributed by atoms with Crippen molar-refractivity contribution in [3.63, 3.8) is 0 Å². The van der Waals surface area contributed by atoms with Crippen molar-refractivity contribution in [1.29, 1.82) is 0 Å². The van der Waals surface area contributed by atoms with Gasteiger partial charge in [-0.05, 0) is 29.8 Å². The van der Waals surface area contributed by atoms with Crippen molar-refractivity contribution in [2.45, 2.75) is 18.8 Å². The van der Waals surface area contributed by atoms with E-state index in [1.165, 1.54) is 12.1 Å². The summed E-state index contributed by atoms with van der Waals surface area (Å²) < 4.78 is 25.7. The Bertz CT molecular complexity index is 747. The van der Waals surface area contributed by atoms with Crippen LogP contribution in [0.1, 0.15) is 17.2 Å². The van der Waals surface area contributed by atoms with Crippen molar-refractivity contribution in [1.82, 2.24) is 10.2 Å². The highest BCUT2D eigenvalue weighted by Crippen LogP contribution is 2.37. The fourth-order valence-electron chi connectivity index (χ4n) is 3.75. The van der Waals surface area contributed by atoms with Crippen LogP contribution < -0.4 is 10.1 Å². The summed E-state index contributed by atoms with van der Waals surface area (Å²) in [4.78, 5) is 2.45. The summed E-state index contributed by atoms with van der Waals surface area (Å²) in [6, 6.07) is 12.8. The van der Waals surface area contributed by atoms with Crippen LogP contribution in [0.3, 0.4) is 0 Å². The molecule has 138 valence electrons. The van der Waals surface area contributed by atoms with E-state index in [0.717, 1.165) is 43.1 Å². The van der Waals surface area contributed by atoms with Crippen molar-refractivity contribution in [2.24, 2.45) is 0 Å². The maximum absolute atomic E-state index is 13.6. The summed E-state index contributed by atoms with van der Waals surface area (Å²) >= 11 is 5.95. The molecule has 2 unspecified atom stereocenters. The molecule has 4 rings (SSSR count). The molecule has 6 heteroatoms. The number of ether oxygens (including phenoxy) is 2. The Labute approximate surface area is 157 Å². The van der Waals surface area contributed by atoms with Crippen molar-refractivity contribution in [3.8, 4) is 5.75 Å². The molecule has 4 nitrogen and oxygen atoms in total. The average Bonchev–Trinajstić information content (AvgIpc) is 2.66. The zero-order valence-corrected chi connectivity index (χ0v) is 15.2. The zero-order valence-electron chi connectivity index (χ0n) is 14.5. The largest absolute Gasteiger partial charge is 0.490 e. The molecule has 2 atom stereocenters. The number of nitrogens with zero attached hydrogens (tertiary/aromatic N) is 1.